The molecule has 0 unspecified atom stereocenters. The molecule has 0 bridgehead atoms. The molecule has 0 saturated heterocycles. The fourth-order valence-corrected chi connectivity index (χ4v) is 5.63. The summed E-state index contributed by atoms with van der Waals surface area (Å²) in [5.74, 6) is 10.9. The van der Waals surface area contributed by atoms with Crippen LogP contribution in [0.15, 0.2) is 122 Å². The number of aliphatic hydroxyl groups is 1. The van der Waals surface area contributed by atoms with E-state index in [4.69, 9.17) is 16.3 Å². The van der Waals surface area contributed by atoms with Crippen LogP contribution in [-0.2, 0) is 11.8 Å². The van der Waals surface area contributed by atoms with Gasteiger partial charge in [0, 0.05) is 60.2 Å². The standard InChI is InChI=1S/C24H23F2N3O2.C23H19ClN2O2/c1-24(2,31-4)14-13-16-9-11-17(12-10-16)18-7-5-6-8-20(18)27-23(30)19-15-29(3)28-21(19)22(25)26;1-23(2,28)14-13-16-9-11-17(12-10-16)18-6-3-4-8-20(18)26-22(27)19-7-5-15-25-21(19)24/h5-12,15,22H,1-4H3,(H,27,30);3-12,15,28H,1-2H3,(H,26,27). The third-order valence-corrected chi connectivity index (χ3v) is 8.89. The minimum atomic E-state index is -2.84. The molecule has 0 atom stereocenters. The highest BCUT2D eigenvalue weighted by molar-refractivity contribution is 6.33. The first-order valence-electron chi connectivity index (χ1n) is 18.3. The van der Waals surface area contributed by atoms with Gasteiger partial charge in [-0.2, -0.15) is 5.10 Å². The molecular weight excluding hydrogens is 772 g/mol. The van der Waals surface area contributed by atoms with E-state index in [9.17, 15) is 23.5 Å². The predicted octanol–water partition coefficient (Wildman–Crippen LogP) is 9.83. The molecule has 300 valence electrons. The van der Waals surface area contributed by atoms with Crippen molar-refractivity contribution >= 4 is 34.8 Å². The fourth-order valence-electron chi connectivity index (χ4n) is 5.43. The molecule has 3 N–H and O–H groups in total. The Morgan fingerprint density at radius 2 is 1.24 bits per heavy atom. The summed E-state index contributed by atoms with van der Waals surface area (Å²) in [7, 11) is 3.10. The van der Waals surface area contributed by atoms with Crippen LogP contribution in [0.1, 0.15) is 71.7 Å². The zero-order valence-electron chi connectivity index (χ0n) is 33.3. The zero-order chi connectivity index (χ0) is 42.7. The van der Waals surface area contributed by atoms with Gasteiger partial charge < -0.3 is 20.5 Å². The number of carbonyl (C=O) groups is 2. The molecule has 0 fully saturated rings. The number of hydrogen-bond donors (Lipinski definition) is 3. The van der Waals surface area contributed by atoms with Crippen LogP contribution in [0.25, 0.3) is 22.3 Å². The van der Waals surface area contributed by atoms with Crippen molar-refractivity contribution in [2.45, 2.75) is 45.3 Å². The summed E-state index contributed by atoms with van der Waals surface area (Å²) >= 11 is 6.02. The second kappa shape index (κ2) is 19.2. The van der Waals surface area contributed by atoms with E-state index >= 15 is 0 Å². The van der Waals surface area contributed by atoms with Gasteiger partial charge in [-0.15, -0.1) is 0 Å². The topological polar surface area (TPSA) is 118 Å². The van der Waals surface area contributed by atoms with Crippen molar-refractivity contribution in [2.24, 2.45) is 7.05 Å². The van der Waals surface area contributed by atoms with Gasteiger partial charge in [-0.3, -0.25) is 14.3 Å². The van der Waals surface area contributed by atoms with E-state index in [-0.39, 0.29) is 16.6 Å². The van der Waals surface area contributed by atoms with Crippen molar-refractivity contribution in [1.82, 2.24) is 14.8 Å². The number of ether oxygens (including phenoxy) is 1. The Kier molecular flexibility index (Phi) is 14.2. The maximum absolute atomic E-state index is 13.2. The first-order chi connectivity index (χ1) is 28.0. The molecule has 9 nitrogen and oxygen atoms in total. The van der Waals surface area contributed by atoms with E-state index in [1.165, 1.54) is 24.1 Å². The van der Waals surface area contributed by atoms with E-state index in [1.807, 2.05) is 98.8 Å². The molecule has 0 spiro atoms. The number of methoxy groups -OCH3 is 1. The third-order valence-electron chi connectivity index (χ3n) is 8.59. The van der Waals surface area contributed by atoms with Crippen molar-refractivity contribution in [1.29, 1.82) is 0 Å². The smallest absolute Gasteiger partial charge is 0.282 e. The highest BCUT2D eigenvalue weighted by Crippen LogP contribution is 2.31. The number of benzene rings is 4. The Labute approximate surface area is 347 Å². The van der Waals surface area contributed by atoms with E-state index in [0.29, 0.717) is 16.9 Å². The van der Waals surface area contributed by atoms with E-state index in [0.717, 1.165) is 33.4 Å². The summed E-state index contributed by atoms with van der Waals surface area (Å²) in [6.07, 6.45) is -0.0157. The second-order valence-corrected chi connectivity index (χ2v) is 14.5. The number of rotatable bonds is 8. The lowest BCUT2D eigenvalue weighted by Crippen LogP contribution is -2.19. The minimum Gasteiger partial charge on any atom is -0.378 e. The first-order valence-corrected chi connectivity index (χ1v) is 18.7. The maximum atomic E-state index is 13.2. The number of hydrogen-bond acceptors (Lipinski definition) is 6. The van der Waals surface area contributed by atoms with Crippen LogP contribution in [0.4, 0.5) is 20.2 Å². The van der Waals surface area contributed by atoms with Crippen LogP contribution in [0.5, 0.6) is 0 Å². The number of amides is 2. The van der Waals surface area contributed by atoms with Gasteiger partial charge in [-0.1, -0.05) is 95.9 Å². The summed E-state index contributed by atoms with van der Waals surface area (Å²) in [5, 5.41) is 19.2. The van der Waals surface area contributed by atoms with Crippen LogP contribution < -0.4 is 10.6 Å². The Morgan fingerprint density at radius 3 is 1.71 bits per heavy atom. The van der Waals surface area contributed by atoms with Gasteiger partial charge in [0.05, 0.1) is 11.1 Å². The van der Waals surface area contributed by atoms with Gasteiger partial charge in [0.25, 0.3) is 18.2 Å². The third kappa shape index (κ3) is 12.2. The number of carbonyl (C=O) groups excluding carboxylic acids is 2. The molecule has 0 aliphatic carbocycles. The number of para-hydroxylation sites is 2. The van der Waals surface area contributed by atoms with Crippen LogP contribution in [0, 0.1) is 23.7 Å². The molecule has 2 heterocycles. The van der Waals surface area contributed by atoms with Gasteiger partial charge in [-0.25, -0.2) is 13.8 Å². The number of aromatic nitrogens is 3. The van der Waals surface area contributed by atoms with Crippen molar-refractivity contribution < 1.29 is 28.2 Å². The molecule has 2 aromatic heterocycles. The predicted molar refractivity (Wildman–Crippen MR) is 228 cm³/mol. The van der Waals surface area contributed by atoms with Crippen LogP contribution >= 0.6 is 11.6 Å². The molecule has 2 amide bonds. The summed E-state index contributed by atoms with van der Waals surface area (Å²) in [5.41, 5.74) is 4.26. The number of alkyl halides is 2. The number of nitrogens with one attached hydrogen (secondary N) is 2. The molecule has 0 aliphatic rings. The van der Waals surface area contributed by atoms with Crippen molar-refractivity contribution in [3.8, 4) is 45.9 Å². The highest BCUT2D eigenvalue weighted by atomic mass is 35.5. The molecule has 6 rings (SSSR count). The lowest BCUT2D eigenvalue weighted by molar-refractivity contribution is 0.0741. The Bertz CT molecular complexity index is 2560. The Morgan fingerprint density at radius 1 is 0.746 bits per heavy atom. The number of nitrogens with zero attached hydrogens (tertiary/aromatic N) is 3. The van der Waals surface area contributed by atoms with Gasteiger partial charge in [0.2, 0.25) is 0 Å². The number of pyridine rings is 1. The van der Waals surface area contributed by atoms with Crippen LogP contribution in [0.2, 0.25) is 5.15 Å². The van der Waals surface area contributed by atoms with Crippen molar-refractivity contribution in [3.05, 3.63) is 155 Å². The van der Waals surface area contributed by atoms with E-state index < -0.39 is 29.2 Å². The normalized spacial score (nSPS) is 11.0. The minimum absolute atomic E-state index is 0.154. The summed E-state index contributed by atoms with van der Waals surface area (Å²) in [6.45, 7) is 7.05. The fraction of sp³-hybridized carbons (Fsp3) is 0.191. The lowest BCUT2D eigenvalue weighted by Gasteiger charge is -2.14. The molecule has 0 radical (unpaired) electrons. The van der Waals surface area contributed by atoms with Gasteiger partial charge in [0.1, 0.15) is 22.0 Å². The molecule has 0 aliphatic heterocycles. The quantitative estimate of drug-likeness (QED) is 0.104. The summed E-state index contributed by atoms with van der Waals surface area (Å²) in [4.78, 5) is 29.2. The number of anilines is 2. The van der Waals surface area contributed by atoms with Crippen LogP contribution in [-0.4, -0.2) is 50.0 Å². The Balaban J connectivity index is 0.000000225. The number of halogens is 3. The molecule has 12 heteroatoms. The van der Waals surface area contributed by atoms with E-state index in [2.05, 4.69) is 44.4 Å². The summed E-state index contributed by atoms with van der Waals surface area (Å²) in [6, 6.07) is 33.2. The molecule has 4 aromatic carbocycles. The average Bonchev–Trinajstić information content (AvgIpc) is 3.62. The SMILES string of the molecule is CC(C)(O)C#Cc1ccc(-c2ccccc2NC(=O)c2cccnc2Cl)cc1.COC(C)(C)C#Cc1ccc(-c2ccccc2NC(=O)c2cn(C)nc2C(F)F)cc1. The second-order valence-electron chi connectivity index (χ2n) is 14.2. The Hall–Kier alpha value is -6.63. The maximum Gasteiger partial charge on any atom is 0.282 e. The first kappa shape index (κ1) is 43.5. The van der Waals surface area contributed by atoms with Gasteiger partial charge in [-0.05, 0) is 87.4 Å². The molecule has 6 aromatic rings. The van der Waals surface area contributed by atoms with Gasteiger partial charge >= 0.3 is 0 Å². The molecule has 0 saturated carbocycles. The lowest BCUT2D eigenvalue weighted by atomic mass is 10.0. The molecule has 59 heavy (non-hydrogen) atoms. The average molecular weight is 814 g/mol. The molecular formula is C47H42ClF2N5O4. The number of aryl methyl sites for hydroxylation is 1. The zero-order valence-corrected chi connectivity index (χ0v) is 34.0. The monoisotopic (exact) mass is 813 g/mol. The van der Waals surface area contributed by atoms with Crippen molar-refractivity contribution in [3.63, 3.8) is 0 Å². The van der Waals surface area contributed by atoms with E-state index in [1.54, 1.807) is 45.2 Å². The van der Waals surface area contributed by atoms with Crippen LogP contribution in [0.3, 0.4) is 0 Å². The van der Waals surface area contributed by atoms with Crippen molar-refractivity contribution in [2.75, 3.05) is 17.7 Å². The van der Waals surface area contributed by atoms with Gasteiger partial charge in [0.15, 0.2) is 0 Å². The largest absolute Gasteiger partial charge is 0.378 e. The highest BCUT2D eigenvalue weighted by Gasteiger charge is 2.23. The summed E-state index contributed by atoms with van der Waals surface area (Å²) < 4.78 is 32.9.